The standard InChI is InChI=1S/C8H8O.C3H4N2/c1-7(9)8-5-3-2-4-6-8;1-2-4-5-3-1/h2-6H,1H3;1-3H,(H,4,5). The molecule has 3 nitrogen and oxygen atoms in total. The van der Waals surface area contributed by atoms with Gasteiger partial charge in [0.15, 0.2) is 5.78 Å². The van der Waals surface area contributed by atoms with Crippen molar-refractivity contribution in [3.63, 3.8) is 0 Å². The van der Waals surface area contributed by atoms with E-state index in [2.05, 4.69) is 10.2 Å². The lowest BCUT2D eigenvalue weighted by atomic mass is 10.2. The fourth-order valence-corrected chi connectivity index (χ4v) is 0.888. The van der Waals surface area contributed by atoms with E-state index >= 15 is 0 Å². The number of hydrogen-bond donors (Lipinski definition) is 1. The van der Waals surface area contributed by atoms with Crippen LogP contribution in [-0.4, -0.2) is 16.0 Å². The third-order valence-electron chi connectivity index (χ3n) is 1.59. The molecule has 0 spiro atoms. The SMILES string of the molecule is CC(=O)c1ccccc1.c1cn[nH]c1. The molecule has 0 fully saturated rings. The topological polar surface area (TPSA) is 45.8 Å². The van der Waals surface area contributed by atoms with Crippen molar-refractivity contribution in [3.05, 3.63) is 54.4 Å². The number of nitrogens with one attached hydrogen (secondary N) is 1. The van der Waals surface area contributed by atoms with Crippen LogP contribution < -0.4 is 0 Å². The average molecular weight is 188 g/mol. The number of ketones is 1. The highest BCUT2D eigenvalue weighted by Gasteiger charge is 1.92. The van der Waals surface area contributed by atoms with Gasteiger partial charge in [-0.15, -0.1) is 0 Å². The fraction of sp³-hybridized carbons (Fsp3) is 0.0909. The van der Waals surface area contributed by atoms with Crippen molar-refractivity contribution in [1.29, 1.82) is 0 Å². The van der Waals surface area contributed by atoms with Crippen LogP contribution in [0, 0.1) is 0 Å². The van der Waals surface area contributed by atoms with E-state index in [1.54, 1.807) is 19.3 Å². The maximum absolute atomic E-state index is 10.6. The zero-order chi connectivity index (χ0) is 10.2. The average Bonchev–Trinajstić information content (AvgIpc) is 2.77. The first-order chi connectivity index (χ1) is 6.80. The van der Waals surface area contributed by atoms with Crippen molar-refractivity contribution in [3.8, 4) is 0 Å². The lowest BCUT2D eigenvalue weighted by Crippen LogP contribution is -1.88. The Morgan fingerprint density at radius 1 is 1.21 bits per heavy atom. The van der Waals surface area contributed by atoms with Crippen LogP contribution in [0.3, 0.4) is 0 Å². The highest BCUT2D eigenvalue weighted by atomic mass is 16.1. The first-order valence-electron chi connectivity index (χ1n) is 4.30. The number of aromatic amines is 1. The minimum Gasteiger partial charge on any atom is -0.295 e. The molecule has 0 unspecified atom stereocenters. The van der Waals surface area contributed by atoms with Gasteiger partial charge in [-0.3, -0.25) is 9.89 Å². The highest BCUT2D eigenvalue weighted by Crippen LogP contribution is 1.97. The normalized spacial score (nSPS) is 8.64. The van der Waals surface area contributed by atoms with Crippen molar-refractivity contribution >= 4 is 5.78 Å². The van der Waals surface area contributed by atoms with Gasteiger partial charge in [-0.2, -0.15) is 5.10 Å². The van der Waals surface area contributed by atoms with Crippen LogP contribution in [0.25, 0.3) is 0 Å². The summed E-state index contributed by atoms with van der Waals surface area (Å²) in [6, 6.07) is 11.1. The number of carbonyl (C=O) groups is 1. The summed E-state index contributed by atoms with van der Waals surface area (Å²) >= 11 is 0. The molecule has 2 rings (SSSR count). The van der Waals surface area contributed by atoms with Gasteiger partial charge in [0.1, 0.15) is 0 Å². The van der Waals surface area contributed by atoms with E-state index in [4.69, 9.17) is 0 Å². The summed E-state index contributed by atoms with van der Waals surface area (Å²) in [5.41, 5.74) is 0.775. The van der Waals surface area contributed by atoms with Gasteiger partial charge < -0.3 is 0 Å². The Hall–Kier alpha value is -1.90. The molecular weight excluding hydrogens is 176 g/mol. The van der Waals surface area contributed by atoms with E-state index in [1.807, 2.05) is 36.4 Å². The summed E-state index contributed by atoms with van der Waals surface area (Å²) in [6.45, 7) is 1.56. The van der Waals surface area contributed by atoms with E-state index in [-0.39, 0.29) is 5.78 Å². The zero-order valence-corrected chi connectivity index (χ0v) is 7.97. The second-order valence-corrected chi connectivity index (χ2v) is 2.69. The highest BCUT2D eigenvalue weighted by molar-refractivity contribution is 5.93. The number of nitrogens with zero attached hydrogens (tertiary/aromatic N) is 1. The smallest absolute Gasteiger partial charge is 0.159 e. The molecule has 2 aromatic rings. The maximum Gasteiger partial charge on any atom is 0.159 e. The summed E-state index contributed by atoms with van der Waals surface area (Å²) < 4.78 is 0. The predicted octanol–water partition coefficient (Wildman–Crippen LogP) is 2.30. The molecule has 0 saturated heterocycles. The Balaban J connectivity index is 0.000000165. The molecule has 1 N–H and O–H groups in total. The Labute approximate surface area is 82.8 Å². The number of benzene rings is 1. The molecule has 3 heteroatoms. The van der Waals surface area contributed by atoms with Gasteiger partial charge in [0.25, 0.3) is 0 Å². The number of carbonyl (C=O) groups excluding carboxylic acids is 1. The number of aromatic nitrogens is 2. The Morgan fingerprint density at radius 2 is 1.93 bits per heavy atom. The summed E-state index contributed by atoms with van der Waals surface area (Å²) in [6.07, 6.45) is 3.46. The minimum absolute atomic E-state index is 0.121. The molecule has 1 aromatic carbocycles. The van der Waals surface area contributed by atoms with Gasteiger partial charge in [0.05, 0.1) is 0 Å². The monoisotopic (exact) mass is 188 g/mol. The van der Waals surface area contributed by atoms with E-state index in [1.165, 1.54) is 0 Å². The van der Waals surface area contributed by atoms with Crippen LogP contribution in [-0.2, 0) is 0 Å². The zero-order valence-electron chi connectivity index (χ0n) is 7.97. The minimum atomic E-state index is 0.121. The summed E-state index contributed by atoms with van der Waals surface area (Å²) in [4.78, 5) is 10.6. The second-order valence-electron chi connectivity index (χ2n) is 2.69. The van der Waals surface area contributed by atoms with Crippen LogP contribution in [0.1, 0.15) is 17.3 Å². The van der Waals surface area contributed by atoms with Crippen LogP contribution in [0.5, 0.6) is 0 Å². The molecule has 72 valence electrons. The molecule has 0 aliphatic heterocycles. The molecule has 1 aromatic heterocycles. The molecular formula is C11H12N2O. The van der Waals surface area contributed by atoms with Gasteiger partial charge in [0.2, 0.25) is 0 Å². The Morgan fingerprint density at radius 3 is 2.21 bits per heavy atom. The number of Topliss-reactive ketones (excluding diaryl/α,β-unsaturated/α-hetero) is 1. The maximum atomic E-state index is 10.6. The third kappa shape index (κ3) is 3.67. The lowest BCUT2D eigenvalue weighted by molar-refractivity contribution is 0.101. The molecule has 0 bridgehead atoms. The van der Waals surface area contributed by atoms with Gasteiger partial charge in [-0.1, -0.05) is 30.3 Å². The lowest BCUT2D eigenvalue weighted by Gasteiger charge is -1.89. The number of hydrogen-bond acceptors (Lipinski definition) is 2. The number of H-pyrrole nitrogens is 1. The fourth-order valence-electron chi connectivity index (χ4n) is 0.888. The molecule has 0 amide bonds. The van der Waals surface area contributed by atoms with Crippen LogP contribution in [0.2, 0.25) is 0 Å². The summed E-state index contributed by atoms with van der Waals surface area (Å²) in [7, 11) is 0. The van der Waals surface area contributed by atoms with Gasteiger partial charge in [0, 0.05) is 18.0 Å². The van der Waals surface area contributed by atoms with Crippen molar-refractivity contribution in [1.82, 2.24) is 10.2 Å². The van der Waals surface area contributed by atoms with E-state index in [0.717, 1.165) is 5.56 Å². The van der Waals surface area contributed by atoms with E-state index in [0.29, 0.717) is 0 Å². The second kappa shape index (κ2) is 5.70. The van der Waals surface area contributed by atoms with E-state index in [9.17, 15) is 4.79 Å². The van der Waals surface area contributed by atoms with Crippen molar-refractivity contribution < 1.29 is 4.79 Å². The molecule has 0 saturated carbocycles. The van der Waals surface area contributed by atoms with Crippen molar-refractivity contribution in [2.24, 2.45) is 0 Å². The first kappa shape index (κ1) is 10.2. The summed E-state index contributed by atoms with van der Waals surface area (Å²) in [5.74, 6) is 0.121. The molecule has 0 aliphatic rings. The van der Waals surface area contributed by atoms with Gasteiger partial charge >= 0.3 is 0 Å². The van der Waals surface area contributed by atoms with Gasteiger partial charge in [-0.25, -0.2) is 0 Å². The van der Waals surface area contributed by atoms with E-state index < -0.39 is 0 Å². The molecule has 0 atom stereocenters. The first-order valence-corrected chi connectivity index (χ1v) is 4.30. The summed E-state index contributed by atoms with van der Waals surface area (Å²) in [5, 5.41) is 6.21. The quantitative estimate of drug-likeness (QED) is 0.698. The largest absolute Gasteiger partial charge is 0.295 e. The Bertz CT molecular complexity index is 337. The van der Waals surface area contributed by atoms with Crippen molar-refractivity contribution in [2.45, 2.75) is 6.92 Å². The molecule has 0 radical (unpaired) electrons. The predicted molar refractivity (Wildman–Crippen MR) is 55.0 cm³/mol. The van der Waals surface area contributed by atoms with Crippen LogP contribution >= 0.6 is 0 Å². The Kier molecular flexibility index (Phi) is 4.14. The van der Waals surface area contributed by atoms with Gasteiger partial charge in [-0.05, 0) is 13.0 Å². The third-order valence-corrected chi connectivity index (χ3v) is 1.59. The van der Waals surface area contributed by atoms with Crippen LogP contribution in [0.15, 0.2) is 48.8 Å². The van der Waals surface area contributed by atoms with Crippen LogP contribution in [0.4, 0.5) is 0 Å². The van der Waals surface area contributed by atoms with Crippen molar-refractivity contribution in [2.75, 3.05) is 0 Å². The molecule has 0 aliphatic carbocycles. The molecule has 1 heterocycles. The molecule has 14 heavy (non-hydrogen) atoms. The number of rotatable bonds is 1.